The number of carbonyl (C=O) groups excluding carboxylic acids is 4. The summed E-state index contributed by atoms with van der Waals surface area (Å²) in [5.74, 6) is -1.34. The third-order valence-corrected chi connectivity index (χ3v) is 7.78. The van der Waals surface area contributed by atoms with Crippen LogP contribution in [0, 0.1) is 0 Å². The lowest BCUT2D eigenvalue weighted by Gasteiger charge is -2.33. The second kappa shape index (κ2) is 9.47. The fraction of sp³-hybridized carbons (Fsp3) is 0.304. The Labute approximate surface area is 202 Å². The monoisotopic (exact) mass is 500 g/mol. The standard InChI is InChI=1S/C23H24N4O7S/c1-3-34-23(31)26-10-12-27(13-11-26)35(32,33)17-7-4-15(5-8-17)20(28)24-16-6-9-18-19(14-16)22(30)25(2)21(18)29/h4-9,14H,3,10-13H2,1-2H3,(H,24,28). The number of nitrogens with zero attached hydrogens (tertiary/aromatic N) is 3. The highest BCUT2D eigenvalue weighted by atomic mass is 32.2. The van der Waals surface area contributed by atoms with Gasteiger partial charge >= 0.3 is 6.09 Å². The number of benzene rings is 2. The Kier molecular flexibility index (Phi) is 6.59. The highest BCUT2D eigenvalue weighted by molar-refractivity contribution is 7.89. The molecule has 0 aliphatic carbocycles. The molecular formula is C23H24N4O7S. The third-order valence-electron chi connectivity index (χ3n) is 5.87. The molecule has 0 unspecified atom stereocenters. The first-order valence-electron chi connectivity index (χ1n) is 10.9. The highest BCUT2D eigenvalue weighted by Gasteiger charge is 2.33. The summed E-state index contributed by atoms with van der Waals surface area (Å²) in [7, 11) is -2.41. The molecule has 4 rings (SSSR count). The summed E-state index contributed by atoms with van der Waals surface area (Å²) in [5, 5.41) is 2.66. The molecule has 2 heterocycles. The summed E-state index contributed by atoms with van der Waals surface area (Å²) in [5.41, 5.74) is 1.03. The van der Waals surface area contributed by atoms with Crippen LogP contribution in [0.1, 0.15) is 38.0 Å². The van der Waals surface area contributed by atoms with E-state index < -0.39 is 33.8 Å². The van der Waals surface area contributed by atoms with Crippen LogP contribution >= 0.6 is 0 Å². The first kappa shape index (κ1) is 24.4. The molecule has 0 radical (unpaired) electrons. The summed E-state index contributed by atoms with van der Waals surface area (Å²) in [6.07, 6.45) is -0.466. The molecule has 0 spiro atoms. The quantitative estimate of drug-likeness (QED) is 0.617. The van der Waals surface area contributed by atoms with E-state index in [2.05, 4.69) is 5.32 Å². The maximum atomic E-state index is 13.0. The van der Waals surface area contributed by atoms with Gasteiger partial charge in [-0.1, -0.05) is 0 Å². The number of fused-ring (bicyclic) bond motifs is 1. The number of nitrogens with one attached hydrogen (secondary N) is 1. The van der Waals surface area contributed by atoms with Gasteiger partial charge in [0.2, 0.25) is 10.0 Å². The van der Waals surface area contributed by atoms with E-state index in [-0.39, 0.29) is 54.4 Å². The van der Waals surface area contributed by atoms with Crippen molar-refractivity contribution in [2.24, 2.45) is 0 Å². The van der Waals surface area contributed by atoms with Crippen molar-refractivity contribution in [3.05, 3.63) is 59.2 Å². The topological polar surface area (TPSA) is 133 Å². The summed E-state index contributed by atoms with van der Waals surface area (Å²) in [6, 6.07) is 9.93. The van der Waals surface area contributed by atoms with Crippen LogP contribution in [0.2, 0.25) is 0 Å². The van der Waals surface area contributed by atoms with E-state index >= 15 is 0 Å². The Morgan fingerprint density at radius 1 is 0.943 bits per heavy atom. The Morgan fingerprint density at radius 3 is 2.20 bits per heavy atom. The van der Waals surface area contributed by atoms with Gasteiger partial charge in [-0.2, -0.15) is 4.31 Å². The molecule has 1 N–H and O–H groups in total. The van der Waals surface area contributed by atoms with Crippen LogP contribution in [0.3, 0.4) is 0 Å². The minimum atomic E-state index is -3.80. The van der Waals surface area contributed by atoms with Crippen molar-refractivity contribution in [2.45, 2.75) is 11.8 Å². The molecule has 0 atom stereocenters. The molecule has 4 amide bonds. The summed E-state index contributed by atoms with van der Waals surface area (Å²) < 4.78 is 32.2. The minimum absolute atomic E-state index is 0.0308. The van der Waals surface area contributed by atoms with Crippen molar-refractivity contribution in [2.75, 3.05) is 45.2 Å². The number of hydrogen-bond donors (Lipinski definition) is 1. The van der Waals surface area contributed by atoms with Gasteiger partial charge in [-0.25, -0.2) is 13.2 Å². The molecule has 2 aliphatic rings. The van der Waals surface area contributed by atoms with Crippen molar-refractivity contribution in [3.8, 4) is 0 Å². The number of piperazine rings is 1. The summed E-state index contributed by atoms with van der Waals surface area (Å²) >= 11 is 0. The number of imide groups is 1. The van der Waals surface area contributed by atoms with E-state index in [1.165, 1.54) is 58.7 Å². The average Bonchev–Trinajstić information content (AvgIpc) is 3.07. The first-order valence-corrected chi connectivity index (χ1v) is 12.4. The van der Waals surface area contributed by atoms with Gasteiger partial charge < -0.3 is 15.0 Å². The molecule has 1 saturated heterocycles. The van der Waals surface area contributed by atoms with Gasteiger partial charge in [0.1, 0.15) is 0 Å². The van der Waals surface area contributed by atoms with E-state index in [0.717, 1.165) is 4.90 Å². The van der Waals surface area contributed by atoms with Gasteiger partial charge in [-0.15, -0.1) is 0 Å². The largest absolute Gasteiger partial charge is 0.450 e. The van der Waals surface area contributed by atoms with Crippen LogP contribution in [-0.4, -0.2) is 86.2 Å². The van der Waals surface area contributed by atoms with E-state index in [1.54, 1.807) is 6.92 Å². The Hall–Kier alpha value is -3.77. The van der Waals surface area contributed by atoms with Gasteiger partial charge in [-0.05, 0) is 49.4 Å². The summed E-state index contributed by atoms with van der Waals surface area (Å²) in [6.45, 7) is 2.68. The lowest BCUT2D eigenvalue weighted by molar-refractivity contribution is 0.0692. The van der Waals surface area contributed by atoms with Crippen molar-refractivity contribution in [1.29, 1.82) is 0 Å². The Balaban J connectivity index is 1.42. The molecule has 12 heteroatoms. The molecule has 184 valence electrons. The van der Waals surface area contributed by atoms with E-state index in [4.69, 9.17) is 4.74 Å². The molecule has 0 bridgehead atoms. The van der Waals surface area contributed by atoms with Crippen LogP contribution in [0.25, 0.3) is 0 Å². The smallest absolute Gasteiger partial charge is 0.409 e. The molecule has 1 fully saturated rings. The van der Waals surface area contributed by atoms with E-state index in [0.29, 0.717) is 5.69 Å². The van der Waals surface area contributed by atoms with E-state index in [1.807, 2.05) is 0 Å². The number of amides is 4. The van der Waals surface area contributed by atoms with Crippen molar-refractivity contribution in [1.82, 2.24) is 14.1 Å². The third kappa shape index (κ3) is 4.62. The zero-order valence-electron chi connectivity index (χ0n) is 19.2. The predicted octanol–water partition coefficient (Wildman–Crippen LogP) is 1.63. The van der Waals surface area contributed by atoms with Gasteiger partial charge in [-0.3, -0.25) is 19.3 Å². The number of rotatable bonds is 5. The number of hydrogen-bond acceptors (Lipinski definition) is 7. The molecule has 2 aromatic rings. The molecule has 0 aromatic heterocycles. The zero-order chi connectivity index (χ0) is 25.3. The van der Waals surface area contributed by atoms with Crippen molar-refractivity contribution >= 4 is 39.5 Å². The molecule has 0 saturated carbocycles. The second-order valence-corrected chi connectivity index (χ2v) is 9.94. The highest BCUT2D eigenvalue weighted by Crippen LogP contribution is 2.25. The van der Waals surface area contributed by atoms with Gasteiger partial charge in [0.05, 0.1) is 22.6 Å². The number of carbonyl (C=O) groups is 4. The van der Waals surface area contributed by atoms with Crippen LogP contribution in [0.4, 0.5) is 10.5 Å². The van der Waals surface area contributed by atoms with Crippen molar-refractivity contribution < 1.29 is 32.3 Å². The number of ether oxygens (including phenoxy) is 1. The zero-order valence-corrected chi connectivity index (χ0v) is 20.0. The molecule has 2 aromatic carbocycles. The fourth-order valence-corrected chi connectivity index (χ4v) is 5.32. The minimum Gasteiger partial charge on any atom is -0.450 e. The Morgan fingerprint density at radius 2 is 1.57 bits per heavy atom. The van der Waals surface area contributed by atoms with Crippen LogP contribution in [-0.2, 0) is 14.8 Å². The summed E-state index contributed by atoms with van der Waals surface area (Å²) in [4.78, 5) is 51.1. The van der Waals surface area contributed by atoms with E-state index in [9.17, 15) is 27.6 Å². The molecular weight excluding hydrogens is 476 g/mol. The molecule has 11 nitrogen and oxygen atoms in total. The average molecular weight is 501 g/mol. The first-order chi connectivity index (χ1) is 16.6. The predicted molar refractivity (Wildman–Crippen MR) is 125 cm³/mol. The second-order valence-electron chi connectivity index (χ2n) is 8.00. The van der Waals surface area contributed by atoms with Gasteiger partial charge in [0, 0.05) is 44.5 Å². The maximum absolute atomic E-state index is 13.0. The molecule has 35 heavy (non-hydrogen) atoms. The van der Waals surface area contributed by atoms with Crippen LogP contribution in [0.5, 0.6) is 0 Å². The lowest BCUT2D eigenvalue weighted by atomic mass is 10.1. The van der Waals surface area contributed by atoms with Crippen molar-refractivity contribution in [3.63, 3.8) is 0 Å². The number of sulfonamides is 1. The van der Waals surface area contributed by atoms with Crippen LogP contribution in [0.15, 0.2) is 47.4 Å². The van der Waals surface area contributed by atoms with Crippen LogP contribution < -0.4 is 5.32 Å². The number of anilines is 1. The fourth-order valence-electron chi connectivity index (χ4n) is 3.90. The SMILES string of the molecule is CCOC(=O)N1CCN(S(=O)(=O)c2ccc(C(=O)Nc3ccc4c(c3)C(=O)N(C)C4=O)cc2)CC1. The normalized spacial score (nSPS) is 16.3. The molecule has 2 aliphatic heterocycles. The lowest BCUT2D eigenvalue weighted by Crippen LogP contribution is -2.50. The van der Waals surface area contributed by atoms with Gasteiger partial charge in [0.15, 0.2) is 0 Å². The van der Waals surface area contributed by atoms with Gasteiger partial charge in [0.25, 0.3) is 17.7 Å². The Bertz CT molecular complexity index is 1300. The maximum Gasteiger partial charge on any atom is 0.409 e.